The number of ether oxygens (including phenoxy) is 2. The van der Waals surface area contributed by atoms with E-state index < -0.39 is 0 Å². The molecule has 0 saturated heterocycles. The Bertz CT molecular complexity index is 2270. The average molecular weight is 843 g/mol. The largest absolute Gasteiger partial charge is 0.465 e. The van der Waals surface area contributed by atoms with Gasteiger partial charge < -0.3 is 25.0 Å². The van der Waals surface area contributed by atoms with Crippen LogP contribution < -0.4 is 10.6 Å². The average Bonchev–Trinajstić information content (AvgIpc) is 3.66. The number of rotatable bonds is 19. The molecule has 320 valence electrons. The lowest BCUT2D eigenvalue weighted by atomic mass is 9.95. The summed E-state index contributed by atoms with van der Waals surface area (Å²) in [6.07, 6.45) is 7.43. The molecule has 4 aromatic carbocycles. The highest BCUT2D eigenvalue weighted by Crippen LogP contribution is 2.39. The number of aryl methyl sites for hydroxylation is 3. The first-order valence-corrected chi connectivity index (χ1v) is 22.1. The summed E-state index contributed by atoms with van der Waals surface area (Å²) in [4.78, 5) is 57.6. The summed E-state index contributed by atoms with van der Waals surface area (Å²) in [5, 5.41) is 6.86. The number of carbonyl (C=O) groups is 4. The molecule has 0 atom stereocenters. The van der Waals surface area contributed by atoms with Crippen molar-refractivity contribution in [1.82, 2.24) is 9.80 Å². The van der Waals surface area contributed by atoms with Crippen LogP contribution in [0.2, 0.25) is 0 Å². The third-order valence-electron chi connectivity index (χ3n) is 11.5. The second kappa shape index (κ2) is 21.8. The second-order valence-corrected chi connectivity index (χ2v) is 16.9. The van der Waals surface area contributed by atoms with Crippen molar-refractivity contribution in [3.05, 3.63) is 152 Å². The van der Waals surface area contributed by atoms with Gasteiger partial charge in [0, 0.05) is 48.3 Å². The van der Waals surface area contributed by atoms with Gasteiger partial charge in [-0.25, -0.2) is 9.59 Å². The fraction of sp³-hybridized carbons (Fsp3) is 0.360. The number of esters is 2. The monoisotopic (exact) mass is 842 g/mol. The van der Waals surface area contributed by atoms with Gasteiger partial charge in [-0.3, -0.25) is 14.5 Å². The Hall–Kier alpha value is -5.62. The van der Waals surface area contributed by atoms with Crippen LogP contribution in [0.15, 0.2) is 97.1 Å². The Morgan fingerprint density at radius 2 is 1.25 bits per heavy atom. The highest BCUT2D eigenvalue weighted by molar-refractivity contribution is 7.17. The maximum Gasteiger partial charge on any atom is 0.337 e. The number of carbonyl (C=O) groups excluding carboxylic acids is 4. The van der Waals surface area contributed by atoms with Gasteiger partial charge in [0.2, 0.25) is 0 Å². The molecule has 1 aliphatic rings. The van der Waals surface area contributed by atoms with Crippen molar-refractivity contribution >= 4 is 45.8 Å². The standard InChI is InChI=1S/C50H58N4O6S/c1-6-42(7-2)54(30-29-53(3)32-36-19-25-39(26-20-36)50(58)60-5)33-37-11-10-12-40(31-37)46(55)52-48-45(43-13-8-9-14-44(43)61-48)47(56)51-41-27-21-35(22-28-41)16-15-34-17-23-38(24-18-34)49(57)59-4/h10-12,17-28,31,42H,6-9,13-16,29-30,32-33H2,1-5H3,(H,51,56)(H,52,55). The van der Waals surface area contributed by atoms with Crippen LogP contribution >= 0.6 is 11.3 Å². The third kappa shape index (κ3) is 12.0. The molecule has 5 aromatic rings. The molecule has 61 heavy (non-hydrogen) atoms. The van der Waals surface area contributed by atoms with Gasteiger partial charge in [0.05, 0.1) is 30.9 Å². The van der Waals surface area contributed by atoms with Crippen molar-refractivity contribution < 1.29 is 28.7 Å². The van der Waals surface area contributed by atoms with E-state index in [1.54, 1.807) is 24.3 Å². The number of anilines is 2. The lowest BCUT2D eigenvalue weighted by molar-refractivity contribution is 0.0592. The van der Waals surface area contributed by atoms with Crippen molar-refractivity contribution in [2.75, 3.05) is 45.0 Å². The molecule has 0 saturated carbocycles. The molecular formula is C50H58N4O6S. The molecule has 1 aromatic heterocycles. The van der Waals surface area contributed by atoms with Gasteiger partial charge in [-0.15, -0.1) is 11.3 Å². The smallest absolute Gasteiger partial charge is 0.337 e. The van der Waals surface area contributed by atoms with Crippen molar-refractivity contribution in [1.29, 1.82) is 0 Å². The molecule has 0 radical (unpaired) electrons. The summed E-state index contributed by atoms with van der Waals surface area (Å²) in [5.41, 5.74) is 8.36. The predicted octanol–water partition coefficient (Wildman–Crippen LogP) is 9.61. The molecule has 2 N–H and O–H groups in total. The van der Waals surface area contributed by atoms with E-state index >= 15 is 0 Å². The van der Waals surface area contributed by atoms with E-state index in [4.69, 9.17) is 9.47 Å². The van der Waals surface area contributed by atoms with Crippen molar-refractivity contribution in [2.45, 2.75) is 84.3 Å². The van der Waals surface area contributed by atoms with Crippen LogP contribution in [0.1, 0.15) is 114 Å². The van der Waals surface area contributed by atoms with E-state index in [1.165, 1.54) is 30.4 Å². The van der Waals surface area contributed by atoms with E-state index in [0.29, 0.717) is 45.5 Å². The highest BCUT2D eigenvalue weighted by Gasteiger charge is 2.27. The topological polar surface area (TPSA) is 117 Å². The first-order chi connectivity index (χ1) is 29.6. The number of hydrogen-bond donors (Lipinski definition) is 2. The Balaban J connectivity index is 1.09. The summed E-state index contributed by atoms with van der Waals surface area (Å²) in [6.45, 7) is 7.61. The molecule has 2 amide bonds. The van der Waals surface area contributed by atoms with Crippen molar-refractivity contribution in [3.8, 4) is 0 Å². The SMILES string of the molecule is CCC(CC)N(CCN(C)Cc1ccc(C(=O)OC)cc1)Cc1cccc(C(=O)Nc2sc3c(c2C(=O)Nc2ccc(CCc4ccc(C(=O)OC)cc4)cc2)CCCC3)c1. The maximum atomic E-state index is 14.0. The minimum absolute atomic E-state index is 0.217. The fourth-order valence-electron chi connectivity index (χ4n) is 8.03. The van der Waals surface area contributed by atoms with Gasteiger partial charge in [-0.05, 0) is 135 Å². The van der Waals surface area contributed by atoms with Gasteiger partial charge in [0.15, 0.2) is 0 Å². The summed E-state index contributed by atoms with van der Waals surface area (Å²) < 4.78 is 9.63. The normalized spacial score (nSPS) is 12.3. The van der Waals surface area contributed by atoms with E-state index in [9.17, 15) is 19.2 Å². The second-order valence-electron chi connectivity index (χ2n) is 15.8. The van der Waals surface area contributed by atoms with E-state index in [-0.39, 0.29) is 23.8 Å². The zero-order chi connectivity index (χ0) is 43.3. The number of likely N-dealkylation sites (N-methyl/N-ethyl adjacent to an activating group) is 1. The summed E-state index contributed by atoms with van der Waals surface area (Å²) >= 11 is 1.52. The van der Waals surface area contributed by atoms with Crippen LogP contribution in [0.3, 0.4) is 0 Å². The minimum Gasteiger partial charge on any atom is -0.465 e. The molecule has 6 rings (SSSR count). The number of methoxy groups -OCH3 is 2. The molecule has 10 nitrogen and oxygen atoms in total. The number of nitrogens with zero attached hydrogens (tertiary/aromatic N) is 2. The number of hydrogen-bond acceptors (Lipinski definition) is 9. The molecule has 0 aliphatic heterocycles. The summed E-state index contributed by atoms with van der Waals surface area (Å²) in [5.74, 6) is -1.13. The third-order valence-corrected chi connectivity index (χ3v) is 12.8. The van der Waals surface area contributed by atoms with Crippen LogP contribution in [0.4, 0.5) is 10.7 Å². The van der Waals surface area contributed by atoms with E-state index in [1.807, 2.05) is 66.7 Å². The van der Waals surface area contributed by atoms with Gasteiger partial charge in [-0.2, -0.15) is 0 Å². The Morgan fingerprint density at radius 1 is 0.656 bits per heavy atom. The van der Waals surface area contributed by atoms with Gasteiger partial charge in [0.1, 0.15) is 5.00 Å². The number of thiophene rings is 1. The molecule has 1 aliphatic carbocycles. The quantitative estimate of drug-likeness (QED) is 0.0790. The number of fused-ring (bicyclic) bond motifs is 1. The zero-order valence-electron chi connectivity index (χ0n) is 36.1. The van der Waals surface area contributed by atoms with Gasteiger partial charge >= 0.3 is 11.9 Å². The Labute approximate surface area is 364 Å². The predicted molar refractivity (Wildman–Crippen MR) is 244 cm³/mol. The lowest BCUT2D eigenvalue weighted by Gasteiger charge is -2.32. The number of nitrogens with one attached hydrogen (secondary N) is 2. The lowest BCUT2D eigenvalue weighted by Crippen LogP contribution is -2.39. The molecular weight excluding hydrogens is 785 g/mol. The molecule has 0 unspecified atom stereocenters. The van der Waals surface area contributed by atoms with Crippen LogP contribution in [-0.2, 0) is 48.2 Å². The van der Waals surface area contributed by atoms with Crippen LogP contribution in [-0.4, -0.2) is 74.0 Å². The minimum atomic E-state index is -0.348. The van der Waals surface area contributed by atoms with Gasteiger partial charge in [-0.1, -0.05) is 62.4 Å². The van der Waals surface area contributed by atoms with Crippen LogP contribution in [0.25, 0.3) is 0 Å². The maximum absolute atomic E-state index is 14.0. The molecule has 1 heterocycles. The van der Waals surface area contributed by atoms with Crippen LogP contribution in [0.5, 0.6) is 0 Å². The Morgan fingerprint density at radius 3 is 1.85 bits per heavy atom. The first kappa shape index (κ1) is 44.9. The number of amides is 2. The summed E-state index contributed by atoms with van der Waals surface area (Å²) in [6, 6.07) is 31.1. The summed E-state index contributed by atoms with van der Waals surface area (Å²) in [7, 11) is 4.87. The molecule has 0 fully saturated rings. The highest BCUT2D eigenvalue weighted by atomic mass is 32.1. The molecule has 11 heteroatoms. The number of benzene rings is 4. The van der Waals surface area contributed by atoms with Crippen molar-refractivity contribution in [2.24, 2.45) is 0 Å². The Kier molecular flexibility index (Phi) is 16.0. The van der Waals surface area contributed by atoms with E-state index in [2.05, 4.69) is 47.4 Å². The zero-order valence-corrected chi connectivity index (χ0v) is 36.9. The van der Waals surface area contributed by atoms with E-state index in [0.717, 1.165) is 98.8 Å². The van der Waals surface area contributed by atoms with Gasteiger partial charge in [0.25, 0.3) is 11.8 Å². The first-order valence-electron chi connectivity index (χ1n) is 21.3. The van der Waals surface area contributed by atoms with Crippen molar-refractivity contribution in [3.63, 3.8) is 0 Å². The molecule has 0 bridgehead atoms. The fourth-order valence-corrected chi connectivity index (χ4v) is 9.31. The van der Waals surface area contributed by atoms with Crippen LogP contribution in [0, 0.1) is 0 Å². The molecule has 0 spiro atoms.